The summed E-state index contributed by atoms with van der Waals surface area (Å²) < 4.78 is 41.2. The van der Waals surface area contributed by atoms with Crippen LogP contribution in [0.4, 0.5) is 0 Å². The van der Waals surface area contributed by atoms with Crippen LogP contribution in [-0.2, 0) is 36.9 Å². The minimum Gasteiger partial charge on any atom is -0.497 e. The molecule has 2 aromatic rings. The van der Waals surface area contributed by atoms with Gasteiger partial charge in [0.25, 0.3) is 0 Å². The van der Waals surface area contributed by atoms with Crippen molar-refractivity contribution in [2.45, 2.75) is 56.9 Å². The Morgan fingerprint density at radius 2 is 1.24 bits per heavy atom. The second-order valence-electron chi connectivity index (χ2n) is 7.89. The molecular weight excluding hydrogens is 456 g/mol. The highest BCUT2D eigenvalue weighted by Gasteiger charge is 2.47. The van der Waals surface area contributed by atoms with Gasteiger partial charge in [0.05, 0.1) is 34.0 Å². The fraction of sp³-hybridized carbons (Fsp3) is 0.538. The highest BCUT2D eigenvalue weighted by Crippen LogP contribution is 2.31. The van der Waals surface area contributed by atoms with Gasteiger partial charge in [-0.05, 0) is 49.2 Å². The Morgan fingerprint density at radius 3 is 1.71 bits per heavy atom. The molecule has 1 heterocycles. The fourth-order valence-corrected chi connectivity index (χ4v) is 4.26. The summed E-state index contributed by atoms with van der Waals surface area (Å²) in [5.74, 6) is 1.60. The minimum atomic E-state index is -0.499. The molecule has 2 aromatic carbocycles. The molecule has 3 rings (SSSR count). The molecule has 34 heavy (non-hydrogen) atoms. The lowest BCUT2D eigenvalue weighted by Gasteiger charge is -2.44. The first-order valence-corrected chi connectivity index (χ1v) is 12.1. The summed E-state index contributed by atoms with van der Waals surface area (Å²) in [5.41, 5.74) is 1.54. The fourth-order valence-electron chi connectivity index (χ4n) is 3.85. The molecule has 188 valence electrons. The molecular formula is C26H36O7S. The lowest BCUT2D eigenvalue weighted by Crippen LogP contribution is -2.60. The molecule has 0 bridgehead atoms. The molecule has 0 aromatic heterocycles. The van der Waals surface area contributed by atoms with Crippen LogP contribution in [0.1, 0.15) is 25.0 Å². The van der Waals surface area contributed by atoms with E-state index in [2.05, 4.69) is 0 Å². The molecule has 0 aliphatic carbocycles. The second-order valence-corrected chi connectivity index (χ2v) is 8.40. The first-order valence-electron chi connectivity index (χ1n) is 11.6. The Labute approximate surface area is 208 Å². The Bertz CT molecular complexity index is 830. The van der Waals surface area contributed by atoms with E-state index in [1.807, 2.05) is 62.4 Å². The Balaban J connectivity index is 1.76. The van der Waals surface area contributed by atoms with Gasteiger partial charge < -0.3 is 33.2 Å². The van der Waals surface area contributed by atoms with Crippen molar-refractivity contribution in [1.82, 2.24) is 0 Å². The summed E-state index contributed by atoms with van der Waals surface area (Å²) >= 11 is 4.72. The van der Waals surface area contributed by atoms with E-state index in [1.165, 1.54) is 0 Å². The van der Waals surface area contributed by atoms with Crippen molar-refractivity contribution < 1.29 is 33.2 Å². The molecule has 8 heteroatoms. The van der Waals surface area contributed by atoms with Gasteiger partial charge in [-0.15, -0.1) is 12.6 Å². The second kappa shape index (κ2) is 13.9. The minimum absolute atomic E-state index is 0.316. The number of methoxy groups -OCH3 is 2. The van der Waals surface area contributed by atoms with Gasteiger partial charge in [-0.2, -0.15) is 0 Å². The smallest absolute Gasteiger partial charge is 0.129 e. The van der Waals surface area contributed by atoms with Crippen molar-refractivity contribution in [3.63, 3.8) is 0 Å². The number of ether oxygens (including phenoxy) is 7. The highest BCUT2D eigenvalue weighted by molar-refractivity contribution is 7.80. The standard InChI is InChI=1S/C26H36O7S/c1-5-29-17-22-23(30-6-2)24(31-15-18-7-11-20(27-3)12-8-18)25(26(34)33-22)32-16-19-9-13-21(28-4)14-10-19/h7-14,22-26,34H,5-6,15-17H2,1-4H3/t22-,23+,24+,25-,26+/m1/s1. The number of benzene rings is 2. The van der Waals surface area contributed by atoms with E-state index in [0.717, 1.165) is 22.6 Å². The Morgan fingerprint density at radius 1 is 0.706 bits per heavy atom. The average molecular weight is 493 g/mol. The molecule has 0 unspecified atom stereocenters. The predicted molar refractivity (Wildman–Crippen MR) is 133 cm³/mol. The van der Waals surface area contributed by atoms with E-state index < -0.39 is 17.6 Å². The van der Waals surface area contributed by atoms with E-state index in [0.29, 0.717) is 33.0 Å². The molecule has 7 nitrogen and oxygen atoms in total. The van der Waals surface area contributed by atoms with Crippen LogP contribution in [-0.4, -0.2) is 63.9 Å². The van der Waals surface area contributed by atoms with Crippen molar-refractivity contribution >= 4 is 12.6 Å². The van der Waals surface area contributed by atoms with E-state index in [1.54, 1.807) is 14.2 Å². The van der Waals surface area contributed by atoms with Crippen LogP contribution in [0.2, 0.25) is 0 Å². The first-order chi connectivity index (χ1) is 16.6. The third-order valence-corrected chi connectivity index (χ3v) is 6.07. The molecule has 0 N–H and O–H groups in total. The van der Waals surface area contributed by atoms with Gasteiger partial charge in [-0.1, -0.05) is 24.3 Å². The lowest BCUT2D eigenvalue weighted by atomic mass is 9.99. The molecule has 5 atom stereocenters. The van der Waals surface area contributed by atoms with Gasteiger partial charge in [-0.25, -0.2) is 0 Å². The Hall–Kier alpha value is -1.81. The summed E-state index contributed by atoms with van der Waals surface area (Å²) in [6.45, 7) is 6.18. The zero-order valence-corrected chi connectivity index (χ0v) is 21.2. The van der Waals surface area contributed by atoms with E-state index in [-0.39, 0.29) is 12.2 Å². The molecule has 1 saturated heterocycles. The summed E-state index contributed by atoms with van der Waals surface area (Å²) in [5, 5.41) is 0. The van der Waals surface area contributed by atoms with Crippen molar-refractivity contribution in [2.24, 2.45) is 0 Å². The van der Waals surface area contributed by atoms with E-state index >= 15 is 0 Å². The van der Waals surface area contributed by atoms with Crippen molar-refractivity contribution in [3.05, 3.63) is 59.7 Å². The summed E-state index contributed by atoms with van der Waals surface area (Å²) in [7, 11) is 3.30. The molecule has 0 saturated carbocycles. The van der Waals surface area contributed by atoms with Crippen LogP contribution < -0.4 is 9.47 Å². The van der Waals surface area contributed by atoms with Crippen LogP contribution in [0.15, 0.2) is 48.5 Å². The molecule has 0 radical (unpaired) electrons. The van der Waals surface area contributed by atoms with Crippen LogP contribution in [0.25, 0.3) is 0 Å². The normalized spacial score (nSPS) is 24.7. The maximum Gasteiger partial charge on any atom is 0.129 e. The monoisotopic (exact) mass is 492 g/mol. The van der Waals surface area contributed by atoms with Gasteiger partial charge in [0.1, 0.15) is 41.4 Å². The van der Waals surface area contributed by atoms with Gasteiger partial charge >= 0.3 is 0 Å². The number of hydrogen-bond acceptors (Lipinski definition) is 8. The number of rotatable bonds is 13. The number of thiol groups is 1. The quantitative estimate of drug-likeness (QED) is 0.419. The highest BCUT2D eigenvalue weighted by atomic mass is 32.1. The van der Waals surface area contributed by atoms with Crippen molar-refractivity contribution in [3.8, 4) is 11.5 Å². The van der Waals surface area contributed by atoms with Gasteiger partial charge in [0, 0.05) is 13.2 Å². The lowest BCUT2D eigenvalue weighted by molar-refractivity contribution is -0.250. The van der Waals surface area contributed by atoms with Gasteiger partial charge in [0.15, 0.2) is 0 Å². The molecule has 1 aliphatic rings. The molecule has 1 aliphatic heterocycles. The SMILES string of the molecule is CCOC[C@H]1O[C@@H](S)[C@H](OCc2ccc(OC)cc2)[C@@H](OCc2ccc(OC)cc2)[C@H]1OCC. The van der Waals surface area contributed by atoms with Gasteiger partial charge in [0.2, 0.25) is 0 Å². The van der Waals surface area contributed by atoms with Gasteiger partial charge in [-0.3, -0.25) is 0 Å². The predicted octanol–water partition coefficient (Wildman–Crippen LogP) is 4.27. The third-order valence-electron chi connectivity index (χ3n) is 5.66. The number of hydrogen-bond donors (Lipinski definition) is 1. The largest absolute Gasteiger partial charge is 0.497 e. The third kappa shape index (κ3) is 7.34. The average Bonchev–Trinajstić information content (AvgIpc) is 2.87. The van der Waals surface area contributed by atoms with E-state index in [9.17, 15) is 0 Å². The molecule has 1 fully saturated rings. The van der Waals surface area contributed by atoms with Crippen LogP contribution >= 0.6 is 12.6 Å². The van der Waals surface area contributed by atoms with Crippen molar-refractivity contribution in [1.29, 1.82) is 0 Å². The van der Waals surface area contributed by atoms with Crippen LogP contribution in [0.5, 0.6) is 11.5 Å². The maximum atomic E-state index is 6.43. The summed E-state index contributed by atoms with van der Waals surface area (Å²) in [6, 6.07) is 15.6. The first kappa shape index (κ1) is 26.8. The topological polar surface area (TPSA) is 64.6 Å². The molecule has 0 spiro atoms. The molecule has 0 amide bonds. The van der Waals surface area contributed by atoms with Crippen LogP contribution in [0.3, 0.4) is 0 Å². The van der Waals surface area contributed by atoms with Crippen molar-refractivity contribution in [2.75, 3.05) is 34.0 Å². The summed E-state index contributed by atoms with van der Waals surface area (Å²) in [4.78, 5) is 0. The zero-order valence-electron chi connectivity index (χ0n) is 20.3. The maximum absolute atomic E-state index is 6.43. The summed E-state index contributed by atoms with van der Waals surface area (Å²) in [6.07, 6.45) is -1.52. The van der Waals surface area contributed by atoms with Crippen LogP contribution in [0, 0.1) is 0 Å². The zero-order chi connectivity index (χ0) is 24.3. The van der Waals surface area contributed by atoms with E-state index in [4.69, 9.17) is 45.8 Å². The Kier molecular flexibility index (Phi) is 11.0.